The van der Waals surface area contributed by atoms with Crippen LogP contribution in [-0.2, 0) is 10.8 Å². The van der Waals surface area contributed by atoms with Gasteiger partial charge in [0.25, 0.3) is 0 Å². The van der Waals surface area contributed by atoms with E-state index in [1.165, 1.54) is 5.56 Å². The molecule has 2 N–H and O–H groups in total. The smallest absolute Gasteiger partial charge is 0.119 e. The second-order valence-corrected chi connectivity index (χ2v) is 5.81. The Morgan fingerprint density at radius 1 is 1.39 bits per heavy atom. The fraction of sp³-hybridized carbons (Fsp3) is 0.538. The summed E-state index contributed by atoms with van der Waals surface area (Å²) in [7, 11) is -0.791. The molecule has 0 spiro atoms. The lowest BCUT2D eigenvalue weighted by atomic mass is 10.2. The Labute approximate surface area is 111 Å². The van der Waals surface area contributed by atoms with Crippen LogP contribution in [0.1, 0.15) is 5.56 Å². The molecule has 2 atom stereocenters. The Morgan fingerprint density at radius 3 is 2.67 bits per heavy atom. The van der Waals surface area contributed by atoms with E-state index in [2.05, 4.69) is 5.32 Å². The molecule has 2 unspecified atom stereocenters. The predicted octanol–water partition coefficient (Wildman–Crippen LogP) is 0.703. The van der Waals surface area contributed by atoms with Gasteiger partial charge in [0, 0.05) is 35.9 Å². The zero-order valence-electron chi connectivity index (χ0n) is 10.9. The van der Waals surface area contributed by atoms with E-state index in [0.29, 0.717) is 18.8 Å². The van der Waals surface area contributed by atoms with Crippen LogP contribution in [0.15, 0.2) is 24.3 Å². The first-order valence-corrected chi connectivity index (χ1v) is 7.69. The number of aryl methyl sites for hydroxylation is 1. The molecule has 1 aromatic rings. The quantitative estimate of drug-likeness (QED) is 0.684. The van der Waals surface area contributed by atoms with Crippen molar-refractivity contribution in [3.63, 3.8) is 0 Å². The zero-order valence-corrected chi connectivity index (χ0v) is 11.7. The van der Waals surface area contributed by atoms with Gasteiger partial charge < -0.3 is 15.2 Å². The summed E-state index contributed by atoms with van der Waals surface area (Å²) in [4.78, 5) is 0. The molecule has 0 aliphatic rings. The van der Waals surface area contributed by atoms with Crippen molar-refractivity contribution in [1.29, 1.82) is 0 Å². The van der Waals surface area contributed by atoms with Gasteiger partial charge in [-0.05, 0) is 19.1 Å². The largest absolute Gasteiger partial charge is 0.491 e. The molecule has 1 rings (SSSR count). The fourth-order valence-corrected chi connectivity index (χ4v) is 1.80. The lowest BCUT2D eigenvalue weighted by Crippen LogP contribution is -2.33. The molecule has 1 aromatic carbocycles. The Bertz CT molecular complexity index is 367. The monoisotopic (exact) mass is 271 g/mol. The molecule has 102 valence electrons. The number of hydrogen-bond acceptors (Lipinski definition) is 4. The van der Waals surface area contributed by atoms with Crippen LogP contribution in [0.3, 0.4) is 0 Å². The van der Waals surface area contributed by atoms with E-state index in [9.17, 15) is 9.32 Å². The van der Waals surface area contributed by atoms with E-state index >= 15 is 0 Å². The number of nitrogens with one attached hydrogen (secondary N) is 1. The minimum Gasteiger partial charge on any atom is -0.491 e. The third-order valence-corrected chi connectivity index (χ3v) is 3.19. The molecule has 5 heteroatoms. The lowest BCUT2D eigenvalue weighted by molar-refractivity contribution is 0.107. The van der Waals surface area contributed by atoms with Gasteiger partial charge in [-0.3, -0.25) is 4.21 Å². The summed E-state index contributed by atoms with van der Waals surface area (Å²) >= 11 is 0. The van der Waals surface area contributed by atoms with Gasteiger partial charge in [-0.1, -0.05) is 17.7 Å². The number of benzene rings is 1. The van der Waals surface area contributed by atoms with Gasteiger partial charge in [0.2, 0.25) is 0 Å². The van der Waals surface area contributed by atoms with Crippen molar-refractivity contribution in [2.75, 3.05) is 31.7 Å². The number of hydrogen-bond donors (Lipinski definition) is 2. The Kier molecular flexibility index (Phi) is 6.93. The van der Waals surface area contributed by atoms with Crippen molar-refractivity contribution in [2.24, 2.45) is 0 Å². The Morgan fingerprint density at radius 2 is 2.06 bits per heavy atom. The van der Waals surface area contributed by atoms with Gasteiger partial charge in [-0.2, -0.15) is 0 Å². The molecule has 0 fully saturated rings. The third-order valence-electron chi connectivity index (χ3n) is 2.41. The van der Waals surface area contributed by atoms with Crippen molar-refractivity contribution >= 4 is 10.8 Å². The normalized spacial score (nSPS) is 14.2. The second-order valence-electron chi connectivity index (χ2n) is 4.26. The number of ether oxygens (including phenoxy) is 1. The molecule has 18 heavy (non-hydrogen) atoms. The van der Waals surface area contributed by atoms with Crippen LogP contribution in [0.2, 0.25) is 0 Å². The van der Waals surface area contributed by atoms with E-state index < -0.39 is 16.9 Å². The summed E-state index contributed by atoms with van der Waals surface area (Å²) in [6.07, 6.45) is 1.11. The van der Waals surface area contributed by atoms with E-state index in [0.717, 1.165) is 5.75 Å². The molecule has 0 aliphatic heterocycles. The summed E-state index contributed by atoms with van der Waals surface area (Å²) in [5.74, 6) is 1.36. The van der Waals surface area contributed by atoms with Crippen LogP contribution < -0.4 is 10.1 Å². The van der Waals surface area contributed by atoms with Gasteiger partial charge >= 0.3 is 0 Å². The van der Waals surface area contributed by atoms with E-state index in [-0.39, 0.29) is 6.61 Å². The highest BCUT2D eigenvalue weighted by atomic mass is 32.2. The SMILES string of the molecule is Cc1ccc(OCC(O)CNCCS(C)=O)cc1. The average molecular weight is 271 g/mol. The molecule has 0 bridgehead atoms. The number of aliphatic hydroxyl groups is 1. The summed E-state index contributed by atoms with van der Waals surface area (Å²) in [6, 6.07) is 7.71. The van der Waals surface area contributed by atoms with Gasteiger partial charge in [-0.15, -0.1) is 0 Å². The standard InChI is InChI=1S/C13H21NO3S/c1-11-3-5-13(6-4-11)17-10-12(15)9-14-7-8-18(2)16/h3-6,12,14-15H,7-10H2,1-2H3. The van der Waals surface area contributed by atoms with E-state index in [1.54, 1.807) is 6.26 Å². The maximum Gasteiger partial charge on any atom is 0.119 e. The first-order chi connectivity index (χ1) is 8.58. The van der Waals surface area contributed by atoms with Gasteiger partial charge in [0.15, 0.2) is 0 Å². The maximum absolute atomic E-state index is 10.8. The van der Waals surface area contributed by atoms with Crippen LogP contribution in [0, 0.1) is 6.92 Å². The average Bonchev–Trinajstić information content (AvgIpc) is 2.34. The first-order valence-electron chi connectivity index (χ1n) is 5.96. The van der Waals surface area contributed by atoms with Crippen LogP contribution in [0.5, 0.6) is 5.75 Å². The summed E-state index contributed by atoms with van der Waals surface area (Å²) < 4.78 is 16.3. The molecule has 0 saturated carbocycles. The molecule has 0 amide bonds. The highest BCUT2D eigenvalue weighted by molar-refractivity contribution is 7.84. The zero-order chi connectivity index (χ0) is 13.4. The fourth-order valence-electron chi connectivity index (χ4n) is 1.37. The second kappa shape index (κ2) is 8.24. The van der Waals surface area contributed by atoms with Gasteiger partial charge in [0.1, 0.15) is 18.5 Å². The summed E-state index contributed by atoms with van der Waals surface area (Å²) in [5.41, 5.74) is 1.18. The summed E-state index contributed by atoms with van der Waals surface area (Å²) in [6.45, 7) is 3.36. The molecule has 0 saturated heterocycles. The Hall–Kier alpha value is -0.910. The predicted molar refractivity (Wildman–Crippen MR) is 74.5 cm³/mol. The molecule has 0 aliphatic carbocycles. The highest BCUT2D eigenvalue weighted by Crippen LogP contribution is 2.11. The first kappa shape index (κ1) is 15.1. The van der Waals surface area contributed by atoms with Crippen LogP contribution in [0.4, 0.5) is 0 Å². The topological polar surface area (TPSA) is 58.6 Å². The van der Waals surface area contributed by atoms with Gasteiger partial charge in [-0.25, -0.2) is 0 Å². The van der Waals surface area contributed by atoms with Crippen molar-refractivity contribution in [3.8, 4) is 5.75 Å². The molecular weight excluding hydrogens is 250 g/mol. The minimum absolute atomic E-state index is 0.255. The maximum atomic E-state index is 10.8. The summed E-state index contributed by atoms with van der Waals surface area (Å²) in [5, 5.41) is 12.7. The number of rotatable bonds is 8. The lowest BCUT2D eigenvalue weighted by Gasteiger charge is -2.13. The van der Waals surface area contributed by atoms with Crippen LogP contribution >= 0.6 is 0 Å². The third kappa shape index (κ3) is 6.74. The van der Waals surface area contributed by atoms with Crippen molar-refractivity contribution in [3.05, 3.63) is 29.8 Å². The molecule has 0 aromatic heterocycles. The molecule has 4 nitrogen and oxygen atoms in total. The van der Waals surface area contributed by atoms with E-state index in [1.807, 2.05) is 31.2 Å². The number of aliphatic hydroxyl groups excluding tert-OH is 1. The van der Waals surface area contributed by atoms with Crippen LogP contribution in [-0.4, -0.2) is 47.1 Å². The molecule has 0 heterocycles. The molecular formula is C13H21NO3S. The Balaban J connectivity index is 2.14. The van der Waals surface area contributed by atoms with Crippen molar-refractivity contribution < 1.29 is 14.1 Å². The molecule has 0 radical (unpaired) electrons. The van der Waals surface area contributed by atoms with Crippen molar-refractivity contribution in [1.82, 2.24) is 5.32 Å². The van der Waals surface area contributed by atoms with Crippen molar-refractivity contribution in [2.45, 2.75) is 13.0 Å². The highest BCUT2D eigenvalue weighted by Gasteiger charge is 2.04. The van der Waals surface area contributed by atoms with Gasteiger partial charge in [0.05, 0.1) is 0 Å². The van der Waals surface area contributed by atoms with Crippen LogP contribution in [0.25, 0.3) is 0 Å². The van der Waals surface area contributed by atoms with E-state index in [4.69, 9.17) is 4.74 Å². The minimum atomic E-state index is -0.791.